The van der Waals surface area contributed by atoms with E-state index < -0.39 is 5.97 Å². The first-order valence-electron chi connectivity index (χ1n) is 3.15. The van der Waals surface area contributed by atoms with Gasteiger partial charge in [-0.3, -0.25) is 0 Å². The molecule has 0 unspecified atom stereocenters. The van der Waals surface area contributed by atoms with Crippen molar-refractivity contribution in [2.45, 2.75) is 6.92 Å². The monoisotopic (exact) mass is 203 g/mol. The molecule has 12 heavy (non-hydrogen) atoms. The lowest BCUT2D eigenvalue weighted by atomic mass is 10.2. The number of halogens is 1. The number of hydrogen-bond donors (Lipinski definition) is 2. The maximum absolute atomic E-state index is 10.6. The molecule has 0 fully saturated rings. The number of H-pyrrole nitrogens is 1. The third-order valence-corrected chi connectivity index (χ3v) is 2.16. The highest BCUT2D eigenvalue weighted by atomic mass is 35.5. The van der Waals surface area contributed by atoms with E-state index in [1.165, 1.54) is 6.07 Å². The third-order valence-electron chi connectivity index (χ3n) is 1.42. The van der Waals surface area contributed by atoms with E-state index in [1.54, 1.807) is 6.92 Å². The first-order chi connectivity index (χ1) is 5.52. The number of nitrogens with one attached hydrogen (secondary N) is 1. The zero-order valence-electron chi connectivity index (χ0n) is 6.22. The van der Waals surface area contributed by atoms with E-state index in [1.807, 2.05) is 0 Å². The highest BCUT2D eigenvalue weighted by Crippen LogP contribution is 2.14. The van der Waals surface area contributed by atoms with Crippen LogP contribution in [-0.4, -0.2) is 16.1 Å². The van der Waals surface area contributed by atoms with Gasteiger partial charge in [0.05, 0.1) is 10.6 Å². The molecular formula is C7H6ClNO2S. The summed E-state index contributed by atoms with van der Waals surface area (Å²) in [7, 11) is 0. The molecule has 1 aromatic rings. The van der Waals surface area contributed by atoms with Gasteiger partial charge in [0.15, 0.2) is 0 Å². The molecule has 3 nitrogen and oxygen atoms in total. The van der Waals surface area contributed by atoms with E-state index in [4.69, 9.17) is 28.9 Å². The van der Waals surface area contributed by atoms with E-state index in [9.17, 15) is 4.79 Å². The van der Waals surface area contributed by atoms with E-state index in [-0.39, 0.29) is 10.6 Å². The number of carboxylic acids is 1. The van der Waals surface area contributed by atoms with Crippen LogP contribution in [0.2, 0.25) is 5.02 Å². The lowest BCUT2D eigenvalue weighted by Crippen LogP contribution is -2.01. The molecule has 0 atom stereocenters. The minimum Gasteiger partial charge on any atom is -0.478 e. The van der Waals surface area contributed by atoms with Crippen molar-refractivity contribution < 1.29 is 9.90 Å². The quantitative estimate of drug-likeness (QED) is 0.690. The van der Waals surface area contributed by atoms with E-state index >= 15 is 0 Å². The number of aromatic nitrogens is 1. The standard InChI is InChI=1S/C7H6ClNO2S/c1-3-4(7(10)11)2-5(8)6(12)9-3/h2H,1H3,(H,9,12)(H,10,11). The summed E-state index contributed by atoms with van der Waals surface area (Å²) in [5.74, 6) is -1.01. The number of carbonyl (C=O) groups is 1. The number of pyridine rings is 1. The largest absolute Gasteiger partial charge is 0.478 e. The van der Waals surface area contributed by atoms with Crippen molar-refractivity contribution in [3.05, 3.63) is 27.0 Å². The zero-order chi connectivity index (χ0) is 9.30. The Labute approximate surface area is 79.0 Å². The van der Waals surface area contributed by atoms with Gasteiger partial charge in [0.1, 0.15) is 4.64 Å². The SMILES string of the molecule is Cc1[nH]c(=S)c(Cl)cc1C(=O)O. The summed E-state index contributed by atoms with van der Waals surface area (Å²) >= 11 is 10.4. The van der Waals surface area contributed by atoms with Crippen molar-refractivity contribution in [1.29, 1.82) is 0 Å². The molecule has 2 N–H and O–H groups in total. The molecule has 0 aliphatic carbocycles. The maximum Gasteiger partial charge on any atom is 0.337 e. The van der Waals surface area contributed by atoms with Crippen LogP contribution in [0.1, 0.15) is 16.1 Å². The lowest BCUT2D eigenvalue weighted by Gasteiger charge is -2.00. The number of hydrogen-bond acceptors (Lipinski definition) is 2. The first kappa shape index (κ1) is 9.22. The smallest absolute Gasteiger partial charge is 0.337 e. The van der Waals surface area contributed by atoms with Gasteiger partial charge in [-0.2, -0.15) is 0 Å². The first-order valence-corrected chi connectivity index (χ1v) is 3.93. The van der Waals surface area contributed by atoms with Crippen LogP contribution in [0.3, 0.4) is 0 Å². The summed E-state index contributed by atoms with van der Waals surface area (Å²) in [6, 6.07) is 1.35. The van der Waals surface area contributed by atoms with Crippen molar-refractivity contribution in [2.75, 3.05) is 0 Å². The number of aryl methyl sites for hydroxylation is 1. The van der Waals surface area contributed by atoms with Gasteiger partial charge in [-0.05, 0) is 13.0 Å². The van der Waals surface area contributed by atoms with Crippen molar-refractivity contribution >= 4 is 29.8 Å². The number of rotatable bonds is 1. The van der Waals surface area contributed by atoms with Crippen LogP contribution in [0.25, 0.3) is 0 Å². The average molecular weight is 204 g/mol. The average Bonchev–Trinajstić information content (AvgIpc) is 1.96. The Balaban J connectivity index is 3.43. The Morgan fingerprint density at radius 2 is 2.33 bits per heavy atom. The summed E-state index contributed by atoms with van der Waals surface area (Å²) in [6.07, 6.45) is 0. The lowest BCUT2D eigenvalue weighted by molar-refractivity contribution is 0.0695. The zero-order valence-corrected chi connectivity index (χ0v) is 7.79. The van der Waals surface area contributed by atoms with Crippen LogP contribution < -0.4 is 0 Å². The number of aromatic carboxylic acids is 1. The summed E-state index contributed by atoms with van der Waals surface area (Å²) in [5.41, 5.74) is 0.658. The molecule has 0 radical (unpaired) electrons. The van der Waals surface area contributed by atoms with Crippen LogP contribution in [0.4, 0.5) is 0 Å². The Morgan fingerprint density at radius 3 is 2.83 bits per heavy atom. The molecule has 0 aliphatic rings. The molecule has 1 aromatic heterocycles. The minimum absolute atomic E-state index is 0.147. The topological polar surface area (TPSA) is 53.1 Å². The Hall–Kier alpha value is -0.870. The van der Waals surface area contributed by atoms with Crippen LogP contribution in [0, 0.1) is 11.6 Å². The van der Waals surface area contributed by atoms with Gasteiger partial charge < -0.3 is 10.1 Å². The molecule has 1 rings (SSSR count). The highest BCUT2D eigenvalue weighted by Gasteiger charge is 2.08. The molecular weight excluding hydrogens is 198 g/mol. The van der Waals surface area contributed by atoms with Crippen molar-refractivity contribution in [2.24, 2.45) is 0 Å². The van der Waals surface area contributed by atoms with Crippen LogP contribution in [0.15, 0.2) is 6.07 Å². The van der Waals surface area contributed by atoms with Gasteiger partial charge >= 0.3 is 5.97 Å². The molecule has 0 saturated heterocycles. The number of aromatic amines is 1. The summed E-state index contributed by atoms with van der Waals surface area (Å²) in [4.78, 5) is 13.3. The Morgan fingerprint density at radius 1 is 1.75 bits per heavy atom. The van der Waals surface area contributed by atoms with Gasteiger partial charge in [-0.25, -0.2) is 4.79 Å². The predicted molar refractivity (Wildman–Crippen MR) is 48.3 cm³/mol. The molecule has 0 aliphatic heterocycles. The third kappa shape index (κ3) is 1.65. The van der Waals surface area contributed by atoms with Gasteiger partial charge in [-0.1, -0.05) is 23.8 Å². The second-order valence-corrected chi connectivity index (χ2v) is 3.11. The minimum atomic E-state index is -1.01. The molecule has 0 saturated carbocycles. The Kier molecular flexibility index (Phi) is 2.49. The molecule has 0 spiro atoms. The van der Waals surface area contributed by atoms with Crippen molar-refractivity contribution in [1.82, 2.24) is 4.98 Å². The second kappa shape index (κ2) is 3.25. The van der Waals surface area contributed by atoms with E-state index in [2.05, 4.69) is 4.98 Å². The summed E-state index contributed by atoms with van der Waals surface area (Å²) in [6.45, 7) is 1.63. The fourth-order valence-electron chi connectivity index (χ4n) is 0.820. The highest BCUT2D eigenvalue weighted by molar-refractivity contribution is 7.71. The van der Waals surface area contributed by atoms with Gasteiger partial charge in [0, 0.05) is 5.69 Å². The van der Waals surface area contributed by atoms with Crippen molar-refractivity contribution in [3.8, 4) is 0 Å². The number of carboxylic acid groups (broad SMARTS) is 1. The van der Waals surface area contributed by atoms with Crippen LogP contribution >= 0.6 is 23.8 Å². The molecule has 0 aromatic carbocycles. The fourth-order valence-corrected chi connectivity index (χ4v) is 1.19. The van der Waals surface area contributed by atoms with Gasteiger partial charge in [0.2, 0.25) is 0 Å². The fraction of sp³-hybridized carbons (Fsp3) is 0.143. The normalized spacial score (nSPS) is 9.83. The molecule has 64 valence electrons. The van der Waals surface area contributed by atoms with Gasteiger partial charge in [0.25, 0.3) is 0 Å². The van der Waals surface area contributed by atoms with Crippen molar-refractivity contribution in [3.63, 3.8) is 0 Å². The van der Waals surface area contributed by atoms with E-state index in [0.29, 0.717) is 10.3 Å². The summed E-state index contributed by atoms with van der Waals surface area (Å²) < 4.78 is 0.360. The second-order valence-electron chi connectivity index (χ2n) is 2.29. The molecule has 0 amide bonds. The van der Waals surface area contributed by atoms with Crippen LogP contribution in [0.5, 0.6) is 0 Å². The van der Waals surface area contributed by atoms with Crippen LogP contribution in [-0.2, 0) is 0 Å². The molecule has 0 bridgehead atoms. The predicted octanol–water partition coefficient (Wildman–Crippen LogP) is 2.40. The van der Waals surface area contributed by atoms with Gasteiger partial charge in [-0.15, -0.1) is 0 Å². The summed E-state index contributed by atoms with van der Waals surface area (Å²) in [5, 5.41) is 8.93. The van der Waals surface area contributed by atoms with E-state index in [0.717, 1.165) is 0 Å². The molecule has 1 heterocycles. The Bertz CT molecular complexity index is 385. The molecule has 5 heteroatoms. The maximum atomic E-state index is 10.6.